The van der Waals surface area contributed by atoms with Crippen LogP contribution in [0.5, 0.6) is 0 Å². The summed E-state index contributed by atoms with van der Waals surface area (Å²) in [6.45, 7) is 4.13. The standard InChI is InChI=1S/C14H19NO2/c1-11-2-5-13(6-3-11)15-9-8-12(10-15)4-7-14(16)17/h2-3,5-6,12H,4,7-10H2,1H3,(H,16,17). The predicted molar refractivity (Wildman–Crippen MR) is 68.4 cm³/mol. The molecule has 1 atom stereocenters. The number of carboxylic acid groups (broad SMARTS) is 1. The molecule has 0 bridgehead atoms. The molecule has 0 saturated carbocycles. The van der Waals surface area contributed by atoms with Gasteiger partial charge < -0.3 is 10.0 Å². The number of rotatable bonds is 4. The predicted octanol–water partition coefficient (Wildman–Crippen LogP) is 2.69. The number of benzene rings is 1. The number of hydrogen-bond donors (Lipinski definition) is 1. The van der Waals surface area contributed by atoms with Crippen LogP contribution in [0.25, 0.3) is 0 Å². The first-order valence-corrected chi connectivity index (χ1v) is 6.18. The van der Waals surface area contributed by atoms with E-state index in [4.69, 9.17) is 5.11 Å². The van der Waals surface area contributed by atoms with Crippen molar-refractivity contribution >= 4 is 11.7 Å². The molecule has 0 amide bonds. The molecule has 17 heavy (non-hydrogen) atoms. The Morgan fingerprint density at radius 2 is 2.12 bits per heavy atom. The van der Waals surface area contributed by atoms with E-state index in [9.17, 15) is 4.79 Å². The van der Waals surface area contributed by atoms with E-state index in [0.717, 1.165) is 25.9 Å². The minimum Gasteiger partial charge on any atom is -0.481 e. The Morgan fingerprint density at radius 1 is 1.41 bits per heavy atom. The van der Waals surface area contributed by atoms with E-state index in [1.165, 1.54) is 11.3 Å². The van der Waals surface area contributed by atoms with Gasteiger partial charge in [-0.1, -0.05) is 17.7 Å². The number of nitrogens with zero attached hydrogens (tertiary/aromatic N) is 1. The average Bonchev–Trinajstić information content (AvgIpc) is 2.76. The van der Waals surface area contributed by atoms with Crippen LogP contribution < -0.4 is 4.90 Å². The summed E-state index contributed by atoms with van der Waals surface area (Å²) >= 11 is 0. The highest BCUT2D eigenvalue weighted by Gasteiger charge is 2.22. The SMILES string of the molecule is Cc1ccc(N2CCC(CCC(=O)O)C2)cc1. The maximum Gasteiger partial charge on any atom is 0.303 e. The van der Waals surface area contributed by atoms with Gasteiger partial charge in [0.2, 0.25) is 0 Å². The molecule has 1 heterocycles. The molecule has 2 rings (SSSR count). The summed E-state index contributed by atoms with van der Waals surface area (Å²) in [5.41, 5.74) is 2.53. The fourth-order valence-electron chi connectivity index (χ4n) is 2.39. The van der Waals surface area contributed by atoms with Crippen LogP contribution in [0.15, 0.2) is 24.3 Å². The molecule has 1 aromatic rings. The van der Waals surface area contributed by atoms with Crippen LogP contribution in [-0.2, 0) is 4.79 Å². The molecule has 1 unspecified atom stereocenters. The molecular formula is C14H19NO2. The Morgan fingerprint density at radius 3 is 2.76 bits per heavy atom. The second-order valence-corrected chi connectivity index (χ2v) is 4.87. The third-order valence-electron chi connectivity index (χ3n) is 3.45. The smallest absolute Gasteiger partial charge is 0.303 e. The summed E-state index contributed by atoms with van der Waals surface area (Å²) in [6, 6.07) is 8.55. The Balaban J connectivity index is 1.89. The lowest BCUT2D eigenvalue weighted by Gasteiger charge is -2.18. The normalized spacial score (nSPS) is 19.6. The van der Waals surface area contributed by atoms with E-state index >= 15 is 0 Å². The monoisotopic (exact) mass is 233 g/mol. The number of aryl methyl sites for hydroxylation is 1. The van der Waals surface area contributed by atoms with Gasteiger partial charge in [-0.2, -0.15) is 0 Å². The quantitative estimate of drug-likeness (QED) is 0.869. The van der Waals surface area contributed by atoms with E-state index in [1.54, 1.807) is 0 Å². The Labute approximate surface area is 102 Å². The van der Waals surface area contributed by atoms with Crippen molar-refractivity contribution in [1.29, 1.82) is 0 Å². The maximum atomic E-state index is 10.5. The van der Waals surface area contributed by atoms with E-state index in [-0.39, 0.29) is 0 Å². The van der Waals surface area contributed by atoms with Crippen molar-refractivity contribution < 1.29 is 9.90 Å². The zero-order valence-corrected chi connectivity index (χ0v) is 10.2. The van der Waals surface area contributed by atoms with Crippen LogP contribution in [0.3, 0.4) is 0 Å². The van der Waals surface area contributed by atoms with E-state index < -0.39 is 5.97 Å². The molecule has 3 heteroatoms. The second kappa shape index (κ2) is 5.21. The number of anilines is 1. The van der Waals surface area contributed by atoms with Gasteiger partial charge in [-0.25, -0.2) is 0 Å². The van der Waals surface area contributed by atoms with E-state index in [2.05, 4.69) is 36.1 Å². The van der Waals surface area contributed by atoms with Crippen molar-refractivity contribution in [2.45, 2.75) is 26.2 Å². The fraction of sp³-hybridized carbons (Fsp3) is 0.500. The summed E-state index contributed by atoms with van der Waals surface area (Å²) in [4.78, 5) is 12.9. The van der Waals surface area contributed by atoms with Crippen LogP contribution in [0.4, 0.5) is 5.69 Å². The second-order valence-electron chi connectivity index (χ2n) is 4.87. The lowest BCUT2D eigenvalue weighted by molar-refractivity contribution is -0.137. The first-order chi connectivity index (χ1) is 8.15. The summed E-state index contributed by atoms with van der Waals surface area (Å²) < 4.78 is 0. The molecule has 1 aromatic carbocycles. The van der Waals surface area contributed by atoms with Gasteiger partial charge >= 0.3 is 5.97 Å². The van der Waals surface area contributed by atoms with Gasteiger partial charge in [0.05, 0.1) is 0 Å². The highest BCUT2D eigenvalue weighted by Crippen LogP contribution is 2.26. The van der Waals surface area contributed by atoms with Gasteiger partial charge in [0.15, 0.2) is 0 Å². The van der Waals surface area contributed by atoms with Crippen molar-refractivity contribution in [3.05, 3.63) is 29.8 Å². The number of aliphatic carboxylic acids is 1. The summed E-state index contributed by atoms with van der Waals surface area (Å²) in [5, 5.41) is 8.67. The van der Waals surface area contributed by atoms with Crippen LogP contribution in [0, 0.1) is 12.8 Å². The molecule has 1 aliphatic rings. The van der Waals surface area contributed by atoms with Crippen molar-refractivity contribution in [3.8, 4) is 0 Å². The molecule has 0 aliphatic carbocycles. The third kappa shape index (κ3) is 3.22. The summed E-state index contributed by atoms with van der Waals surface area (Å²) in [7, 11) is 0. The highest BCUT2D eigenvalue weighted by atomic mass is 16.4. The number of hydrogen-bond acceptors (Lipinski definition) is 2. The fourth-order valence-corrected chi connectivity index (χ4v) is 2.39. The largest absolute Gasteiger partial charge is 0.481 e. The van der Waals surface area contributed by atoms with Crippen LogP contribution >= 0.6 is 0 Å². The van der Waals surface area contributed by atoms with Gasteiger partial charge in [0.25, 0.3) is 0 Å². The molecule has 3 nitrogen and oxygen atoms in total. The summed E-state index contributed by atoms with van der Waals surface area (Å²) in [5.74, 6) is -0.147. The van der Waals surface area contributed by atoms with Crippen LogP contribution in [0.2, 0.25) is 0 Å². The lowest BCUT2D eigenvalue weighted by atomic mass is 10.0. The molecule has 1 saturated heterocycles. The molecule has 0 aromatic heterocycles. The average molecular weight is 233 g/mol. The Kier molecular flexibility index (Phi) is 3.67. The van der Waals surface area contributed by atoms with Gasteiger partial charge in [0, 0.05) is 25.2 Å². The topological polar surface area (TPSA) is 40.5 Å². The number of carbonyl (C=O) groups is 1. The molecule has 1 aliphatic heterocycles. The third-order valence-corrected chi connectivity index (χ3v) is 3.45. The first-order valence-electron chi connectivity index (χ1n) is 6.18. The van der Waals surface area contributed by atoms with E-state index in [1.807, 2.05) is 0 Å². The van der Waals surface area contributed by atoms with Gasteiger partial charge in [-0.15, -0.1) is 0 Å². The maximum absolute atomic E-state index is 10.5. The lowest BCUT2D eigenvalue weighted by Crippen LogP contribution is -2.19. The Hall–Kier alpha value is -1.51. The molecule has 1 N–H and O–H groups in total. The zero-order chi connectivity index (χ0) is 12.3. The van der Waals surface area contributed by atoms with Gasteiger partial charge in [0.1, 0.15) is 0 Å². The molecular weight excluding hydrogens is 214 g/mol. The molecule has 92 valence electrons. The van der Waals surface area contributed by atoms with Crippen LogP contribution in [0.1, 0.15) is 24.8 Å². The van der Waals surface area contributed by atoms with Gasteiger partial charge in [-0.3, -0.25) is 4.79 Å². The van der Waals surface area contributed by atoms with Gasteiger partial charge in [-0.05, 0) is 37.8 Å². The number of carboxylic acids is 1. The minimum absolute atomic E-state index is 0.298. The van der Waals surface area contributed by atoms with Crippen molar-refractivity contribution in [1.82, 2.24) is 0 Å². The first kappa shape index (κ1) is 12.0. The Bertz CT molecular complexity index is 386. The molecule has 1 fully saturated rings. The molecule has 0 spiro atoms. The molecule has 0 radical (unpaired) electrons. The van der Waals surface area contributed by atoms with E-state index in [0.29, 0.717) is 12.3 Å². The summed E-state index contributed by atoms with van der Waals surface area (Å²) in [6.07, 6.45) is 2.21. The van der Waals surface area contributed by atoms with Crippen molar-refractivity contribution in [2.75, 3.05) is 18.0 Å². The van der Waals surface area contributed by atoms with Crippen LogP contribution in [-0.4, -0.2) is 24.2 Å². The van der Waals surface area contributed by atoms with Crippen molar-refractivity contribution in [2.24, 2.45) is 5.92 Å². The zero-order valence-electron chi connectivity index (χ0n) is 10.2. The minimum atomic E-state index is -0.682. The highest BCUT2D eigenvalue weighted by molar-refractivity contribution is 5.66. The van der Waals surface area contributed by atoms with Crippen molar-refractivity contribution in [3.63, 3.8) is 0 Å².